The highest BCUT2D eigenvalue weighted by Crippen LogP contribution is 2.20. The highest BCUT2D eigenvalue weighted by atomic mass is 16.5. The predicted octanol–water partition coefficient (Wildman–Crippen LogP) is 3.32. The first kappa shape index (κ1) is 12.7. The van der Waals surface area contributed by atoms with Gasteiger partial charge in [-0.2, -0.15) is 10.5 Å². The third-order valence-corrected chi connectivity index (χ3v) is 2.78. The molecule has 0 saturated carbocycles. The van der Waals surface area contributed by atoms with E-state index in [1.807, 2.05) is 19.1 Å². The number of benzene rings is 2. The van der Waals surface area contributed by atoms with Gasteiger partial charge in [0.05, 0.1) is 23.3 Å². The van der Waals surface area contributed by atoms with Gasteiger partial charge in [0.2, 0.25) is 0 Å². The Morgan fingerprint density at radius 2 is 1.58 bits per heavy atom. The lowest BCUT2D eigenvalue weighted by Gasteiger charge is -2.09. The highest BCUT2D eigenvalue weighted by molar-refractivity contribution is 5.41. The van der Waals surface area contributed by atoms with Crippen molar-refractivity contribution in [1.29, 1.82) is 10.5 Å². The normalized spacial score (nSPS) is 9.42. The van der Waals surface area contributed by atoms with E-state index in [1.165, 1.54) is 0 Å². The van der Waals surface area contributed by atoms with Gasteiger partial charge in [0.25, 0.3) is 0 Å². The van der Waals surface area contributed by atoms with Crippen LogP contribution in [-0.4, -0.2) is 0 Å². The van der Waals surface area contributed by atoms with Crippen LogP contribution in [0.3, 0.4) is 0 Å². The Kier molecular flexibility index (Phi) is 3.81. The zero-order valence-corrected chi connectivity index (χ0v) is 10.6. The van der Waals surface area contributed by atoms with Crippen LogP contribution < -0.4 is 4.74 Å². The molecule has 0 aliphatic rings. The van der Waals surface area contributed by atoms with E-state index >= 15 is 0 Å². The van der Waals surface area contributed by atoms with Gasteiger partial charge in [0, 0.05) is 0 Å². The number of hydrogen-bond acceptors (Lipinski definition) is 3. The van der Waals surface area contributed by atoms with Crippen LogP contribution in [0.4, 0.5) is 0 Å². The summed E-state index contributed by atoms with van der Waals surface area (Å²) < 4.78 is 5.70. The molecule has 92 valence electrons. The molecule has 3 heteroatoms. The van der Waals surface area contributed by atoms with Crippen molar-refractivity contribution in [2.24, 2.45) is 0 Å². The largest absolute Gasteiger partial charge is 0.489 e. The maximum Gasteiger partial charge on any atom is 0.122 e. The van der Waals surface area contributed by atoms with Crippen molar-refractivity contribution in [1.82, 2.24) is 0 Å². The standard InChI is InChI=1S/C16H12N2O/c1-12-8-15(10-18)6-7-16(12)19-11-14-4-2-13(9-17)3-5-14/h2-8H,11H2,1H3. The average molecular weight is 248 g/mol. The number of nitriles is 2. The van der Waals surface area contributed by atoms with E-state index in [2.05, 4.69) is 12.1 Å². The molecule has 0 spiro atoms. The summed E-state index contributed by atoms with van der Waals surface area (Å²) in [7, 11) is 0. The van der Waals surface area contributed by atoms with Gasteiger partial charge in [-0.3, -0.25) is 0 Å². The topological polar surface area (TPSA) is 56.8 Å². The molecule has 0 fully saturated rings. The van der Waals surface area contributed by atoms with Crippen molar-refractivity contribution in [2.75, 3.05) is 0 Å². The summed E-state index contributed by atoms with van der Waals surface area (Å²) in [5.74, 6) is 0.767. The lowest BCUT2D eigenvalue weighted by Crippen LogP contribution is -1.97. The summed E-state index contributed by atoms with van der Waals surface area (Å²) in [5.41, 5.74) is 3.21. The summed E-state index contributed by atoms with van der Waals surface area (Å²) in [6, 6.07) is 16.8. The molecule has 0 radical (unpaired) electrons. The molecule has 0 saturated heterocycles. The second kappa shape index (κ2) is 5.71. The molecule has 0 aromatic heterocycles. The van der Waals surface area contributed by atoms with Crippen LogP contribution in [0.1, 0.15) is 22.3 Å². The molecule has 2 aromatic rings. The number of rotatable bonds is 3. The first-order valence-electron chi connectivity index (χ1n) is 5.85. The van der Waals surface area contributed by atoms with Crippen LogP contribution in [0.25, 0.3) is 0 Å². The smallest absolute Gasteiger partial charge is 0.122 e. The van der Waals surface area contributed by atoms with Gasteiger partial charge in [0.1, 0.15) is 12.4 Å². The minimum absolute atomic E-state index is 0.443. The maximum atomic E-state index is 8.79. The Morgan fingerprint density at radius 3 is 2.16 bits per heavy atom. The zero-order valence-electron chi connectivity index (χ0n) is 10.6. The summed E-state index contributed by atoms with van der Waals surface area (Å²) in [6.45, 7) is 2.35. The van der Waals surface area contributed by atoms with E-state index in [9.17, 15) is 0 Å². The molecule has 0 N–H and O–H groups in total. The van der Waals surface area contributed by atoms with Crippen molar-refractivity contribution in [3.05, 3.63) is 64.7 Å². The lowest BCUT2D eigenvalue weighted by atomic mass is 10.1. The molecule has 19 heavy (non-hydrogen) atoms. The van der Waals surface area contributed by atoms with E-state index in [-0.39, 0.29) is 0 Å². The number of nitrogens with zero attached hydrogens (tertiary/aromatic N) is 2. The van der Waals surface area contributed by atoms with E-state index in [0.717, 1.165) is 16.9 Å². The molecule has 0 amide bonds. The van der Waals surface area contributed by atoms with E-state index in [0.29, 0.717) is 17.7 Å². The minimum Gasteiger partial charge on any atom is -0.489 e. The summed E-state index contributed by atoms with van der Waals surface area (Å²) in [6.07, 6.45) is 0. The molecule has 3 nitrogen and oxygen atoms in total. The van der Waals surface area contributed by atoms with E-state index < -0.39 is 0 Å². The Balaban J connectivity index is 2.06. The van der Waals surface area contributed by atoms with Gasteiger partial charge in [0.15, 0.2) is 0 Å². The SMILES string of the molecule is Cc1cc(C#N)ccc1OCc1ccc(C#N)cc1. The van der Waals surface area contributed by atoms with Crippen LogP contribution in [-0.2, 0) is 6.61 Å². The lowest BCUT2D eigenvalue weighted by molar-refractivity contribution is 0.304. The van der Waals surface area contributed by atoms with Crippen LogP contribution in [0.2, 0.25) is 0 Å². The van der Waals surface area contributed by atoms with Gasteiger partial charge in [-0.05, 0) is 48.4 Å². The van der Waals surface area contributed by atoms with Gasteiger partial charge >= 0.3 is 0 Å². The van der Waals surface area contributed by atoms with Crippen LogP contribution in [0.15, 0.2) is 42.5 Å². The molecular weight excluding hydrogens is 236 g/mol. The first-order chi connectivity index (χ1) is 9.22. The summed E-state index contributed by atoms with van der Waals surface area (Å²) >= 11 is 0. The molecular formula is C16H12N2O. The second-order valence-corrected chi connectivity index (χ2v) is 4.19. The fraction of sp³-hybridized carbons (Fsp3) is 0.125. The molecule has 0 aliphatic carbocycles. The third kappa shape index (κ3) is 3.12. The van der Waals surface area contributed by atoms with Crippen LogP contribution >= 0.6 is 0 Å². The first-order valence-corrected chi connectivity index (χ1v) is 5.85. The van der Waals surface area contributed by atoms with Crippen molar-refractivity contribution < 1.29 is 4.74 Å². The van der Waals surface area contributed by atoms with Gasteiger partial charge in [-0.25, -0.2) is 0 Å². The Morgan fingerprint density at radius 1 is 0.947 bits per heavy atom. The highest BCUT2D eigenvalue weighted by Gasteiger charge is 2.02. The minimum atomic E-state index is 0.443. The zero-order chi connectivity index (χ0) is 13.7. The third-order valence-electron chi connectivity index (χ3n) is 2.78. The molecule has 0 heterocycles. The van der Waals surface area contributed by atoms with Crippen molar-refractivity contribution in [3.8, 4) is 17.9 Å². The fourth-order valence-electron chi connectivity index (χ4n) is 1.72. The molecule has 0 unspecified atom stereocenters. The molecule has 0 atom stereocenters. The van der Waals surface area contributed by atoms with Crippen LogP contribution in [0.5, 0.6) is 5.75 Å². The van der Waals surface area contributed by atoms with Crippen molar-refractivity contribution in [3.63, 3.8) is 0 Å². The number of hydrogen-bond donors (Lipinski definition) is 0. The second-order valence-electron chi connectivity index (χ2n) is 4.19. The van der Waals surface area contributed by atoms with Crippen molar-refractivity contribution >= 4 is 0 Å². The Labute approximate surface area is 112 Å². The molecule has 0 bridgehead atoms. The monoisotopic (exact) mass is 248 g/mol. The molecule has 0 aliphatic heterocycles. The van der Waals surface area contributed by atoms with Gasteiger partial charge in [-0.1, -0.05) is 12.1 Å². The van der Waals surface area contributed by atoms with Gasteiger partial charge < -0.3 is 4.74 Å². The Hall–Kier alpha value is -2.78. The summed E-state index contributed by atoms with van der Waals surface area (Å²) in [4.78, 5) is 0. The van der Waals surface area contributed by atoms with Crippen LogP contribution in [0, 0.1) is 29.6 Å². The quantitative estimate of drug-likeness (QED) is 0.837. The summed E-state index contributed by atoms with van der Waals surface area (Å²) in [5, 5.41) is 17.5. The maximum absolute atomic E-state index is 8.79. The number of aryl methyl sites for hydroxylation is 1. The average Bonchev–Trinajstić information content (AvgIpc) is 2.46. The Bertz CT molecular complexity index is 661. The fourth-order valence-corrected chi connectivity index (χ4v) is 1.72. The molecule has 2 rings (SSSR count). The van der Waals surface area contributed by atoms with Gasteiger partial charge in [-0.15, -0.1) is 0 Å². The van der Waals surface area contributed by atoms with E-state index in [1.54, 1.807) is 30.3 Å². The van der Waals surface area contributed by atoms with E-state index in [4.69, 9.17) is 15.3 Å². The molecule has 2 aromatic carbocycles. The number of ether oxygens (including phenoxy) is 1. The predicted molar refractivity (Wildman–Crippen MR) is 71.4 cm³/mol. The van der Waals surface area contributed by atoms with Crippen molar-refractivity contribution in [2.45, 2.75) is 13.5 Å².